The van der Waals surface area contributed by atoms with E-state index in [0.717, 1.165) is 45.3 Å². The molecule has 0 bridgehead atoms. The summed E-state index contributed by atoms with van der Waals surface area (Å²) in [4.78, 5) is 38.2. The van der Waals surface area contributed by atoms with Crippen molar-refractivity contribution < 1.29 is 23.5 Å². The van der Waals surface area contributed by atoms with Crippen molar-refractivity contribution in [2.24, 2.45) is 11.8 Å². The average Bonchev–Trinajstić information content (AvgIpc) is 3.19. The van der Waals surface area contributed by atoms with Crippen LogP contribution in [0.2, 0.25) is 0 Å². The Morgan fingerprint density at radius 1 is 1.11 bits per heavy atom. The van der Waals surface area contributed by atoms with Gasteiger partial charge in [0.1, 0.15) is 11.9 Å². The molecule has 5 rings (SSSR count). The Hall–Kier alpha value is -2.32. The number of hydrogen-bond acceptors (Lipinski definition) is 5. The maximum Gasteiger partial charge on any atom is 0.255 e. The highest BCUT2D eigenvalue weighted by Crippen LogP contribution is 2.34. The largest absolute Gasteiger partial charge is 0.381 e. The van der Waals surface area contributed by atoms with Crippen molar-refractivity contribution >= 4 is 17.7 Å². The summed E-state index contributed by atoms with van der Waals surface area (Å²) in [6.07, 6.45) is 7.80. The lowest BCUT2D eigenvalue weighted by Crippen LogP contribution is -2.52. The third-order valence-corrected chi connectivity index (χ3v) is 8.57. The van der Waals surface area contributed by atoms with Crippen LogP contribution >= 0.6 is 0 Å². The highest BCUT2D eigenvalue weighted by atomic mass is 19.1. The second-order valence-corrected chi connectivity index (χ2v) is 10.7. The number of benzene rings is 1. The molecule has 0 aromatic heterocycles. The van der Waals surface area contributed by atoms with Crippen LogP contribution in [0.4, 0.5) is 4.39 Å². The molecule has 4 aliphatic rings. The van der Waals surface area contributed by atoms with Crippen molar-refractivity contribution in [3.05, 3.63) is 34.6 Å². The fraction of sp³-hybridized carbons (Fsp3) is 0.667. The van der Waals surface area contributed by atoms with E-state index in [1.807, 2.05) is 0 Å². The summed E-state index contributed by atoms with van der Waals surface area (Å²) >= 11 is 0. The van der Waals surface area contributed by atoms with Crippen molar-refractivity contribution in [2.75, 3.05) is 13.2 Å². The lowest BCUT2D eigenvalue weighted by Gasteiger charge is -2.38. The number of carbonyl (C=O) groups excluding carboxylic acids is 3. The third-order valence-electron chi connectivity index (χ3n) is 8.57. The lowest BCUT2D eigenvalue weighted by molar-refractivity contribution is -0.136. The van der Waals surface area contributed by atoms with Crippen LogP contribution in [0.3, 0.4) is 0 Å². The molecule has 1 aromatic rings. The lowest BCUT2D eigenvalue weighted by atomic mass is 9.79. The van der Waals surface area contributed by atoms with Gasteiger partial charge in [0.25, 0.3) is 5.91 Å². The molecule has 35 heavy (non-hydrogen) atoms. The monoisotopic (exact) mass is 485 g/mol. The van der Waals surface area contributed by atoms with Crippen LogP contribution in [0, 0.1) is 17.7 Å². The zero-order valence-electron chi connectivity index (χ0n) is 20.5. The topological polar surface area (TPSA) is 87.7 Å². The van der Waals surface area contributed by atoms with Crippen LogP contribution in [-0.2, 0) is 27.3 Å². The molecule has 3 amide bonds. The molecule has 0 spiro atoms. The number of piperidine rings is 1. The molecule has 8 heteroatoms. The Morgan fingerprint density at radius 3 is 2.66 bits per heavy atom. The molecule has 3 heterocycles. The van der Waals surface area contributed by atoms with E-state index in [4.69, 9.17) is 4.74 Å². The Balaban J connectivity index is 1.28. The van der Waals surface area contributed by atoms with Crippen LogP contribution < -0.4 is 10.6 Å². The molecule has 2 unspecified atom stereocenters. The molecule has 2 N–H and O–H groups in total. The first kappa shape index (κ1) is 24.4. The van der Waals surface area contributed by atoms with E-state index in [9.17, 15) is 14.4 Å². The van der Waals surface area contributed by atoms with Gasteiger partial charge in [-0.2, -0.15) is 0 Å². The van der Waals surface area contributed by atoms with Gasteiger partial charge in [0, 0.05) is 42.8 Å². The van der Waals surface area contributed by atoms with Crippen molar-refractivity contribution in [3.8, 4) is 0 Å². The summed E-state index contributed by atoms with van der Waals surface area (Å²) < 4.78 is 21.2. The zero-order chi connectivity index (χ0) is 24.5. The second kappa shape index (κ2) is 10.3. The van der Waals surface area contributed by atoms with Crippen LogP contribution in [0.25, 0.3) is 0 Å². The minimum absolute atomic E-state index is 0.0766. The standard InChI is InChI=1S/C27H36FN3O4/c1-16(17-10-12-35-13-11-17)29-22-5-3-2-4-18(22)14-19-6-7-20-21(25(19)28)15-31(27(20)34)23-8-9-24(32)30-26(23)33/h6-7,16-18,22-23,29H,2-5,8-15H2,1H3,(H,30,32,33)/t16?,18-,22+,23?/m1/s1. The fourth-order valence-electron chi connectivity index (χ4n) is 6.45. The van der Waals surface area contributed by atoms with E-state index in [1.54, 1.807) is 12.1 Å². The number of nitrogens with zero attached hydrogens (tertiary/aromatic N) is 1. The predicted molar refractivity (Wildman–Crippen MR) is 128 cm³/mol. The van der Waals surface area contributed by atoms with Gasteiger partial charge in [-0.1, -0.05) is 18.9 Å². The first-order valence-corrected chi connectivity index (χ1v) is 13.2. The van der Waals surface area contributed by atoms with Crippen LogP contribution in [0.15, 0.2) is 12.1 Å². The van der Waals surface area contributed by atoms with E-state index in [2.05, 4.69) is 17.6 Å². The summed E-state index contributed by atoms with van der Waals surface area (Å²) in [5.74, 6) is -0.479. The summed E-state index contributed by atoms with van der Waals surface area (Å²) in [6.45, 7) is 4.01. The van der Waals surface area contributed by atoms with E-state index in [-0.39, 0.29) is 37.0 Å². The normalized spacial score (nSPS) is 28.7. The molecule has 4 atom stereocenters. The maximum absolute atomic E-state index is 15.7. The zero-order valence-corrected chi connectivity index (χ0v) is 20.5. The highest BCUT2D eigenvalue weighted by Gasteiger charge is 2.41. The molecule has 0 radical (unpaired) electrons. The SMILES string of the molecule is CC(N[C@H]1CCCC[C@@H]1Cc1ccc2c(c1F)CN(C1CCC(=O)NC1=O)C2=O)C1CCOCC1. The van der Waals surface area contributed by atoms with Gasteiger partial charge in [0.05, 0.1) is 6.54 Å². The molecule has 1 saturated carbocycles. The van der Waals surface area contributed by atoms with Crippen LogP contribution in [0.1, 0.15) is 79.8 Å². The molecule has 3 fully saturated rings. The average molecular weight is 486 g/mol. The number of carbonyl (C=O) groups is 3. The number of nitrogens with one attached hydrogen (secondary N) is 2. The number of hydrogen-bond donors (Lipinski definition) is 2. The summed E-state index contributed by atoms with van der Waals surface area (Å²) in [6, 6.07) is 3.52. The predicted octanol–water partition coefficient (Wildman–Crippen LogP) is 3.09. The van der Waals surface area contributed by atoms with Gasteiger partial charge in [-0.3, -0.25) is 19.7 Å². The van der Waals surface area contributed by atoms with Crippen molar-refractivity contribution in [1.29, 1.82) is 0 Å². The van der Waals surface area contributed by atoms with Gasteiger partial charge in [-0.25, -0.2) is 4.39 Å². The van der Waals surface area contributed by atoms with Crippen molar-refractivity contribution in [1.82, 2.24) is 15.5 Å². The van der Waals surface area contributed by atoms with E-state index in [1.165, 1.54) is 11.3 Å². The molecule has 190 valence electrons. The smallest absolute Gasteiger partial charge is 0.255 e. The minimum atomic E-state index is -0.728. The Morgan fingerprint density at radius 2 is 1.89 bits per heavy atom. The fourth-order valence-corrected chi connectivity index (χ4v) is 6.45. The molecule has 7 nitrogen and oxygen atoms in total. The third kappa shape index (κ3) is 5.00. The number of rotatable bonds is 6. The van der Waals surface area contributed by atoms with E-state index in [0.29, 0.717) is 47.0 Å². The summed E-state index contributed by atoms with van der Waals surface area (Å²) in [5.41, 5.74) is 1.37. The van der Waals surface area contributed by atoms with Gasteiger partial charge in [0.15, 0.2) is 0 Å². The summed E-state index contributed by atoms with van der Waals surface area (Å²) in [5, 5.41) is 6.18. The summed E-state index contributed by atoms with van der Waals surface area (Å²) in [7, 11) is 0. The molecule has 2 saturated heterocycles. The molecular formula is C27H36FN3O4. The van der Waals surface area contributed by atoms with Crippen molar-refractivity contribution in [3.63, 3.8) is 0 Å². The Labute approximate surface area is 206 Å². The Bertz CT molecular complexity index is 993. The highest BCUT2D eigenvalue weighted by molar-refractivity contribution is 6.05. The van der Waals surface area contributed by atoms with Crippen molar-refractivity contribution in [2.45, 2.75) is 89.4 Å². The minimum Gasteiger partial charge on any atom is -0.381 e. The molecule has 1 aromatic carbocycles. The van der Waals surface area contributed by atoms with Gasteiger partial charge < -0.3 is 15.0 Å². The second-order valence-electron chi connectivity index (χ2n) is 10.7. The van der Waals surface area contributed by atoms with Crippen LogP contribution in [0.5, 0.6) is 0 Å². The number of imide groups is 1. The van der Waals surface area contributed by atoms with E-state index >= 15 is 4.39 Å². The number of amides is 3. The van der Waals surface area contributed by atoms with Crippen LogP contribution in [-0.4, -0.2) is 54.0 Å². The molecular weight excluding hydrogens is 449 g/mol. The maximum atomic E-state index is 15.7. The Kier molecular flexibility index (Phi) is 7.21. The van der Waals surface area contributed by atoms with E-state index < -0.39 is 11.9 Å². The van der Waals surface area contributed by atoms with Gasteiger partial charge >= 0.3 is 0 Å². The molecule has 1 aliphatic carbocycles. The number of halogens is 1. The van der Waals surface area contributed by atoms with Gasteiger partial charge in [-0.15, -0.1) is 0 Å². The quantitative estimate of drug-likeness (QED) is 0.605. The number of ether oxygens (including phenoxy) is 1. The number of fused-ring (bicyclic) bond motifs is 1. The molecule has 3 aliphatic heterocycles. The first-order valence-electron chi connectivity index (χ1n) is 13.2. The van der Waals surface area contributed by atoms with Gasteiger partial charge in [0.2, 0.25) is 11.8 Å². The van der Waals surface area contributed by atoms with Gasteiger partial charge in [-0.05, 0) is 68.9 Å². The first-order chi connectivity index (χ1) is 16.9.